The highest BCUT2D eigenvalue weighted by molar-refractivity contribution is 5.85. The minimum atomic E-state index is -0.142. The highest BCUT2D eigenvalue weighted by atomic mass is 35.5. The lowest BCUT2D eigenvalue weighted by molar-refractivity contribution is 0.0623. The maximum Gasteiger partial charge on any atom is 0.123 e. The van der Waals surface area contributed by atoms with Gasteiger partial charge in [-0.2, -0.15) is 0 Å². The van der Waals surface area contributed by atoms with Crippen molar-refractivity contribution in [2.75, 3.05) is 32.8 Å². The molecule has 0 aromatic heterocycles. The second kappa shape index (κ2) is 9.58. The Morgan fingerprint density at radius 2 is 2.00 bits per heavy atom. The van der Waals surface area contributed by atoms with Gasteiger partial charge in [0.1, 0.15) is 5.82 Å². The topological polar surface area (TPSA) is 24.5 Å². The molecular formula is C18H28ClFN2O. The van der Waals surface area contributed by atoms with Crippen LogP contribution < -0.4 is 5.32 Å². The summed E-state index contributed by atoms with van der Waals surface area (Å²) in [6, 6.07) is 7.00. The van der Waals surface area contributed by atoms with E-state index in [4.69, 9.17) is 4.74 Å². The molecule has 2 saturated heterocycles. The van der Waals surface area contributed by atoms with Crippen molar-refractivity contribution >= 4 is 12.4 Å². The summed E-state index contributed by atoms with van der Waals surface area (Å²) < 4.78 is 19.2. The Balaban J connectivity index is 0.00000192. The molecule has 1 N–H and O–H groups in total. The summed E-state index contributed by atoms with van der Waals surface area (Å²) in [5, 5.41) is 3.43. The van der Waals surface area contributed by atoms with Crippen LogP contribution in [0.5, 0.6) is 0 Å². The number of halogens is 2. The van der Waals surface area contributed by atoms with E-state index in [9.17, 15) is 4.39 Å². The van der Waals surface area contributed by atoms with Crippen molar-refractivity contribution < 1.29 is 9.13 Å². The summed E-state index contributed by atoms with van der Waals surface area (Å²) in [5.41, 5.74) is 1.06. The van der Waals surface area contributed by atoms with Crippen molar-refractivity contribution in [1.82, 2.24) is 10.2 Å². The summed E-state index contributed by atoms with van der Waals surface area (Å²) >= 11 is 0. The van der Waals surface area contributed by atoms with Crippen LogP contribution in [-0.4, -0.2) is 43.8 Å². The third-order valence-electron chi connectivity index (χ3n) is 4.76. The molecule has 2 heterocycles. The van der Waals surface area contributed by atoms with Crippen LogP contribution in [0.3, 0.4) is 0 Å². The van der Waals surface area contributed by atoms with Crippen LogP contribution in [0.4, 0.5) is 4.39 Å². The van der Waals surface area contributed by atoms with E-state index in [2.05, 4.69) is 10.2 Å². The molecule has 3 nitrogen and oxygen atoms in total. The maximum absolute atomic E-state index is 13.4. The molecule has 1 aromatic rings. The van der Waals surface area contributed by atoms with Gasteiger partial charge in [-0.1, -0.05) is 12.1 Å². The number of ether oxygens (including phenoxy) is 1. The fourth-order valence-corrected chi connectivity index (χ4v) is 3.60. The quantitative estimate of drug-likeness (QED) is 0.859. The number of benzene rings is 1. The fraction of sp³-hybridized carbons (Fsp3) is 0.667. The molecule has 2 fully saturated rings. The molecule has 23 heavy (non-hydrogen) atoms. The smallest absolute Gasteiger partial charge is 0.123 e. The Kier molecular flexibility index (Phi) is 7.77. The Morgan fingerprint density at radius 3 is 2.70 bits per heavy atom. The van der Waals surface area contributed by atoms with E-state index in [0.29, 0.717) is 6.10 Å². The van der Waals surface area contributed by atoms with Gasteiger partial charge in [-0.3, -0.25) is 4.90 Å². The number of hydrogen-bond donors (Lipinski definition) is 1. The first-order valence-corrected chi connectivity index (χ1v) is 8.59. The third-order valence-corrected chi connectivity index (χ3v) is 4.76. The van der Waals surface area contributed by atoms with Crippen molar-refractivity contribution in [1.29, 1.82) is 0 Å². The van der Waals surface area contributed by atoms with Crippen LogP contribution in [0.25, 0.3) is 0 Å². The number of nitrogens with zero attached hydrogens (tertiary/aromatic N) is 1. The van der Waals surface area contributed by atoms with E-state index in [0.717, 1.165) is 57.2 Å². The Labute approximate surface area is 145 Å². The first-order valence-electron chi connectivity index (χ1n) is 8.59. The van der Waals surface area contributed by atoms with Gasteiger partial charge in [-0.25, -0.2) is 4.39 Å². The molecule has 2 aliphatic rings. The number of nitrogens with one attached hydrogen (secondary N) is 1. The summed E-state index contributed by atoms with van der Waals surface area (Å²) in [7, 11) is 0. The summed E-state index contributed by atoms with van der Waals surface area (Å²) in [6.07, 6.45) is 5.17. The third kappa shape index (κ3) is 6.03. The zero-order valence-electron chi connectivity index (χ0n) is 13.7. The fourth-order valence-electron chi connectivity index (χ4n) is 3.60. The average molecular weight is 343 g/mol. The van der Waals surface area contributed by atoms with Crippen LogP contribution in [0, 0.1) is 11.7 Å². The van der Waals surface area contributed by atoms with Gasteiger partial charge in [-0.05, 0) is 62.4 Å². The van der Waals surface area contributed by atoms with Crippen LogP contribution >= 0.6 is 12.4 Å². The van der Waals surface area contributed by atoms with E-state index < -0.39 is 0 Å². The molecule has 0 spiro atoms. The van der Waals surface area contributed by atoms with Crippen molar-refractivity contribution in [3.05, 3.63) is 35.6 Å². The van der Waals surface area contributed by atoms with E-state index in [1.54, 1.807) is 12.1 Å². The van der Waals surface area contributed by atoms with E-state index in [1.165, 1.54) is 25.3 Å². The number of rotatable bonds is 6. The van der Waals surface area contributed by atoms with E-state index in [1.807, 2.05) is 6.07 Å². The molecule has 0 amide bonds. The second-order valence-electron chi connectivity index (χ2n) is 6.65. The molecule has 0 saturated carbocycles. The predicted octanol–water partition coefficient (Wildman–Crippen LogP) is 3.23. The molecule has 5 heteroatoms. The molecule has 3 rings (SSSR count). The van der Waals surface area contributed by atoms with Crippen LogP contribution in [-0.2, 0) is 11.3 Å². The minimum Gasteiger partial charge on any atom is -0.377 e. The van der Waals surface area contributed by atoms with Gasteiger partial charge in [0.15, 0.2) is 0 Å². The highest BCUT2D eigenvalue weighted by Gasteiger charge is 2.22. The number of hydrogen-bond acceptors (Lipinski definition) is 3. The van der Waals surface area contributed by atoms with Crippen LogP contribution in [0.1, 0.15) is 31.2 Å². The summed E-state index contributed by atoms with van der Waals surface area (Å²) in [6.45, 7) is 6.03. The van der Waals surface area contributed by atoms with Gasteiger partial charge in [0.05, 0.1) is 6.10 Å². The molecule has 2 aliphatic heterocycles. The maximum atomic E-state index is 13.4. The molecule has 1 atom stereocenters. The second-order valence-corrected chi connectivity index (χ2v) is 6.65. The standard InChI is InChI=1S/C18H27FN2O.ClH/c19-17-4-1-3-16(11-17)13-21(14-18-5-2-10-22-18)12-15-6-8-20-9-7-15;/h1,3-4,11,15,18,20H,2,5-10,12-14H2;1H. The molecule has 0 aliphatic carbocycles. The SMILES string of the molecule is Cl.Fc1cccc(CN(CC2CCNCC2)CC2CCCO2)c1. The van der Waals surface area contributed by atoms with Gasteiger partial charge >= 0.3 is 0 Å². The van der Waals surface area contributed by atoms with Crippen molar-refractivity contribution in [2.45, 2.75) is 38.3 Å². The lowest BCUT2D eigenvalue weighted by Crippen LogP contribution is -2.39. The van der Waals surface area contributed by atoms with Crippen molar-refractivity contribution in [2.24, 2.45) is 5.92 Å². The molecule has 1 aromatic carbocycles. The summed E-state index contributed by atoms with van der Waals surface area (Å²) in [5.74, 6) is 0.604. The van der Waals surface area contributed by atoms with Gasteiger partial charge in [0, 0.05) is 26.2 Å². The minimum absolute atomic E-state index is 0. The van der Waals surface area contributed by atoms with E-state index in [-0.39, 0.29) is 18.2 Å². The lowest BCUT2D eigenvalue weighted by Gasteiger charge is -2.31. The normalized spacial score (nSPS) is 22.3. The molecule has 0 radical (unpaired) electrons. The summed E-state index contributed by atoms with van der Waals surface area (Å²) in [4.78, 5) is 2.47. The Bertz CT molecular complexity index is 462. The largest absolute Gasteiger partial charge is 0.377 e. The van der Waals surface area contributed by atoms with Crippen LogP contribution in [0.2, 0.25) is 0 Å². The predicted molar refractivity (Wildman–Crippen MR) is 93.5 cm³/mol. The van der Waals surface area contributed by atoms with Gasteiger partial charge in [-0.15, -0.1) is 12.4 Å². The molecule has 130 valence electrons. The molecular weight excluding hydrogens is 315 g/mol. The van der Waals surface area contributed by atoms with Crippen molar-refractivity contribution in [3.63, 3.8) is 0 Å². The lowest BCUT2D eigenvalue weighted by atomic mass is 9.97. The molecule has 1 unspecified atom stereocenters. The Hall–Kier alpha value is -0.680. The van der Waals surface area contributed by atoms with Crippen LogP contribution in [0.15, 0.2) is 24.3 Å². The van der Waals surface area contributed by atoms with Crippen molar-refractivity contribution in [3.8, 4) is 0 Å². The van der Waals surface area contributed by atoms with E-state index >= 15 is 0 Å². The van der Waals surface area contributed by atoms with Gasteiger partial charge < -0.3 is 10.1 Å². The number of piperidine rings is 1. The monoisotopic (exact) mass is 342 g/mol. The first kappa shape index (κ1) is 18.7. The highest BCUT2D eigenvalue weighted by Crippen LogP contribution is 2.19. The Morgan fingerprint density at radius 1 is 1.17 bits per heavy atom. The molecule has 0 bridgehead atoms. The zero-order valence-corrected chi connectivity index (χ0v) is 14.5. The van der Waals surface area contributed by atoms with Gasteiger partial charge in [0.25, 0.3) is 0 Å². The van der Waals surface area contributed by atoms with Gasteiger partial charge in [0.2, 0.25) is 0 Å². The average Bonchev–Trinajstić information content (AvgIpc) is 3.01. The first-order chi connectivity index (χ1) is 10.8. The zero-order chi connectivity index (χ0) is 15.2.